The molecule has 0 radical (unpaired) electrons. The summed E-state index contributed by atoms with van der Waals surface area (Å²) in [4.78, 5) is 24.2. The largest absolute Gasteiger partial charge is 0.481 e. The molecule has 4 heteroatoms. The molecule has 0 saturated heterocycles. The Labute approximate surface area is 75.6 Å². The van der Waals surface area contributed by atoms with Crippen LogP contribution < -0.4 is 0 Å². The van der Waals surface area contributed by atoms with E-state index in [1.54, 1.807) is 18.3 Å². The molecule has 0 spiro atoms. The molecule has 0 bridgehead atoms. The second kappa shape index (κ2) is 4.45. The first-order valence-electron chi connectivity index (χ1n) is 4.08. The quantitative estimate of drug-likeness (QED) is 0.675. The van der Waals surface area contributed by atoms with Crippen LogP contribution in [0.1, 0.15) is 29.8 Å². The number of carboxylic acid groups (broad SMARTS) is 1. The van der Waals surface area contributed by atoms with Crippen molar-refractivity contribution >= 4 is 11.8 Å². The molecule has 0 aliphatic heterocycles. The number of rotatable bonds is 5. The molecule has 0 aromatic carbocycles. The molecule has 0 saturated carbocycles. The third-order valence-electron chi connectivity index (χ3n) is 1.69. The number of hydrogen-bond donors (Lipinski definition) is 2. The molecular weight excluding hydrogens is 170 g/mol. The number of aromatic amines is 1. The molecule has 4 nitrogen and oxygen atoms in total. The van der Waals surface area contributed by atoms with E-state index in [1.165, 1.54) is 0 Å². The van der Waals surface area contributed by atoms with E-state index in [4.69, 9.17) is 5.11 Å². The number of carboxylic acids is 1. The Bertz CT molecular complexity index is 290. The van der Waals surface area contributed by atoms with Crippen LogP contribution in [0.2, 0.25) is 0 Å². The Morgan fingerprint density at radius 3 is 2.69 bits per heavy atom. The lowest BCUT2D eigenvalue weighted by Crippen LogP contribution is -2.01. The number of ketones is 1. The van der Waals surface area contributed by atoms with Crippen molar-refractivity contribution in [2.75, 3.05) is 0 Å². The zero-order valence-electron chi connectivity index (χ0n) is 7.12. The molecule has 1 rings (SSSR count). The first kappa shape index (κ1) is 9.51. The van der Waals surface area contributed by atoms with E-state index < -0.39 is 5.97 Å². The fourth-order valence-electron chi connectivity index (χ4n) is 1.04. The highest BCUT2D eigenvalue weighted by Crippen LogP contribution is 2.04. The van der Waals surface area contributed by atoms with Crippen LogP contribution in [0.25, 0.3) is 0 Å². The lowest BCUT2D eigenvalue weighted by atomic mass is 10.1. The number of carbonyl (C=O) groups is 2. The molecule has 1 aromatic rings. The van der Waals surface area contributed by atoms with Crippen LogP contribution in [0, 0.1) is 0 Å². The maximum Gasteiger partial charge on any atom is 0.303 e. The molecule has 0 aliphatic rings. The van der Waals surface area contributed by atoms with Gasteiger partial charge in [0, 0.05) is 19.0 Å². The van der Waals surface area contributed by atoms with Crippen molar-refractivity contribution in [3.63, 3.8) is 0 Å². The zero-order valence-corrected chi connectivity index (χ0v) is 7.12. The SMILES string of the molecule is O=C(O)CCCC(=O)c1ccc[nH]1. The topological polar surface area (TPSA) is 70.2 Å². The number of Topliss-reactive ketones (excluding diaryl/α,β-unsaturated/α-hetero) is 1. The second-order valence-electron chi connectivity index (χ2n) is 2.75. The zero-order chi connectivity index (χ0) is 9.68. The highest BCUT2D eigenvalue weighted by Gasteiger charge is 2.06. The Morgan fingerprint density at radius 1 is 1.38 bits per heavy atom. The van der Waals surface area contributed by atoms with Crippen molar-refractivity contribution in [1.29, 1.82) is 0 Å². The van der Waals surface area contributed by atoms with E-state index in [2.05, 4.69) is 4.98 Å². The molecule has 0 atom stereocenters. The van der Waals surface area contributed by atoms with Gasteiger partial charge in [0.15, 0.2) is 5.78 Å². The normalized spacial score (nSPS) is 9.85. The minimum absolute atomic E-state index is 0.0359. The number of aliphatic carboxylic acids is 1. The van der Waals surface area contributed by atoms with Crippen molar-refractivity contribution in [3.05, 3.63) is 24.0 Å². The van der Waals surface area contributed by atoms with Gasteiger partial charge in [-0.25, -0.2) is 0 Å². The summed E-state index contributed by atoms with van der Waals surface area (Å²) in [6, 6.07) is 3.42. The monoisotopic (exact) mass is 181 g/mol. The Kier molecular flexibility index (Phi) is 3.25. The van der Waals surface area contributed by atoms with Crippen LogP contribution in [0.4, 0.5) is 0 Å². The first-order valence-corrected chi connectivity index (χ1v) is 4.08. The summed E-state index contributed by atoms with van der Waals surface area (Å²) in [6.45, 7) is 0. The standard InChI is InChI=1S/C9H11NO3/c11-8(4-1-5-9(12)13)7-3-2-6-10-7/h2-3,6,10H,1,4-5H2,(H,12,13). The van der Waals surface area contributed by atoms with Crippen molar-refractivity contribution in [2.24, 2.45) is 0 Å². The summed E-state index contributed by atoms with van der Waals surface area (Å²) in [6.07, 6.45) is 2.40. The van der Waals surface area contributed by atoms with E-state index in [0.717, 1.165) is 0 Å². The second-order valence-corrected chi connectivity index (χ2v) is 2.75. The minimum Gasteiger partial charge on any atom is -0.481 e. The van der Waals surface area contributed by atoms with Gasteiger partial charge in [-0.2, -0.15) is 0 Å². The Morgan fingerprint density at radius 2 is 2.15 bits per heavy atom. The number of H-pyrrole nitrogens is 1. The van der Waals surface area contributed by atoms with Gasteiger partial charge in [-0.3, -0.25) is 9.59 Å². The molecule has 1 heterocycles. The van der Waals surface area contributed by atoms with Gasteiger partial charge in [0.25, 0.3) is 0 Å². The van der Waals surface area contributed by atoms with Gasteiger partial charge in [-0.1, -0.05) is 0 Å². The predicted molar refractivity (Wildman–Crippen MR) is 46.6 cm³/mol. The summed E-state index contributed by atoms with van der Waals surface area (Å²) >= 11 is 0. The van der Waals surface area contributed by atoms with Crippen molar-refractivity contribution < 1.29 is 14.7 Å². The van der Waals surface area contributed by atoms with Gasteiger partial charge in [0.1, 0.15) is 0 Å². The van der Waals surface area contributed by atoms with Crippen molar-refractivity contribution in [3.8, 4) is 0 Å². The van der Waals surface area contributed by atoms with Crippen LogP contribution in [-0.4, -0.2) is 21.8 Å². The van der Waals surface area contributed by atoms with Gasteiger partial charge in [0.2, 0.25) is 0 Å². The smallest absolute Gasteiger partial charge is 0.303 e. The molecule has 2 N–H and O–H groups in total. The fraction of sp³-hybridized carbons (Fsp3) is 0.333. The van der Waals surface area contributed by atoms with E-state index in [0.29, 0.717) is 12.1 Å². The maximum absolute atomic E-state index is 11.3. The van der Waals surface area contributed by atoms with E-state index in [1.807, 2.05) is 0 Å². The summed E-state index contributed by atoms with van der Waals surface area (Å²) in [7, 11) is 0. The average molecular weight is 181 g/mol. The van der Waals surface area contributed by atoms with Crippen LogP contribution in [0.15, 0.2) is 18.3 Å². The fourth-order valence-corrected chi connectivity index (χ4v) is 1.04. The third kappa shape index (κ3) is 3.11. The third-order valence-corrected chi connectivity index (χ3v) is 1.69. The number of aromatic nitrogens is 1. The Balaban J connectivity index is 2.31. The lowest BCUT2D eigenvalue weighted by molar-refractivity contribution is -0.137. The highest BCUT2D eigenvalue weighted by atomic mass is 16.4. The predicted octanol–water partition coefficient (Wildman–Crippen LogP) is 1.45. The van der Waals surface area contributed by atoms with Crippen LogP contribution in [-0.2, 0) is 4.79 Å². The van der Waals surface area contributed by atoms with Crippen LogP contribution in [0.5, 0.6) is 0 Å². The highest BCUT2D eigenvalue weighted by molar-refractivity contribution is 5.94. The summed E-state index contributed by atoms with van der Waals surface area (Å²) in [5.41, 5.74) is 0.547. The van der Waals surface area contributed by atoms with Crippen molar-refractivity contribution in [2.45, 2.75) is 19.3 Å². The van der Waals surface area contributed by atoms with Gasteiger partial charge < -0.3 is 10.1 Å². The van der Waals surface area contributed by atoms with Gasteiger partial charge >= 0.3 is 5.97 Å². The molecule has 0 amide bonds. The lowest BCUT2D eigenvalue weighted by Gasteiger charge is -1.95. The molecule has 70 valence electrons. The number of nitrogens with one attached hydrogen (secondary N) is 1. The Hall–Kier alpha value is -1.58. The van der Waals surface area contributed by atoms with Gasteiger partial charge in [-0.05, 0) is 18.6 Å². The van der Waals surface area contributed by atoms with Crippen LogP contribution >= 0.6 is 0 Å². The van der Waals surface area contributed by atoms with Crippen LogP contribution in [0.3, 0.4) is 0 Å². The molecular formula is C9H11NO3. The van der Waals surface area contributed by atoms with Gasteiger partial charge in [0.05, 0.1) is 5.69 Å². The van der Waals surface area contributed by atoms with Gasteiger partial charge in [-0.15, -0.1) is 0 Å². The summed E-state index contributed by atoms with van der Waals surface area (Å²) in [5, 5.41) is 8.34. The number of hydrogen-bond acceptors (Lipinski definition) is 2. The molecule has 0 aliphatic carbocycles. The molecule has 0 fully saturated rings. The minimum atomic E-state index is -0.862. The average Bonchev–Trinajstić information content (AvgIpc) is 2.55. The first-order chi connectivity index (χ1) is 6.20. The van der Waals surface area contributed by atoms with E-state index in [-0.39, 0.29) is 18.6 Å². The van der Waals surface area contributed by atoms with E-state index in [9.17, 15) is 9.59 Å². The van der Waals surface area contributed by atoms with E-state index >= 15 is 0 Å². The molecule has 13 heavy (non-hydrogen) atoms. The molecule has 0 unspecified atom stereocenters. The van der Waals surface area contributed by atoms with Crippen molar-refractivity contribution in [1.82, 2.24) is 4.98 Å². The number of carbonyl (C=O) groups excluding carboxylic acids is 1. The summed E-state index contributed by atoms with van der Waals surface area (Å²) < 4.78 is 0. The summed E-state index contributed by atoms with van der Waals surface area (Å²) in [5.74, 6) is -0.898. The maximum atomic E-state index is 11.3. The molecule has 1 aromatic heterocycles.